The molecule has 2 aromatic carbocycles. The monoisotopic (exact) mass is 389 g/mol. The molecule has 27 heavy (non-hydrogen) atoms. The van der Waals surface area contributed by atoms with Crippen molar-refractivity contribution in [2.45, 2.75) is 13.0 Å². The van der Waals surface area contributed by atoms with Gasteiger partial charge in [0.2, 0.25) is 10.9 Å². The molecule has 1 aliphatic rings. The molecule has 1 atom stereocenters. The third-order valence-corrected chi connectivity index (χ3v) is 5.11. The molecule has 0 radical (unpaired) electrons. The topological polar surface area (TPSA) is 79.0 Å². The van der Waals surface area contributed by atoms with Crippen LogP contribution >= 0.6 is 0 Å². The van der Waals surface area contributed by atoms with Crippen molar-refractivity contribution >= 4 is 28.2 Å². The van der Waals surface area contributed by atoms with Gasteiger partial charge in [-0.25, -0.2) is 8.42 Å². The van der Waals surface area contributed by atoms with Gasteiger partial charge in [0.05, 0.1) is 12.8 Å². The average Bonchev–Trinajstić information content (AvgIpc) is 2.67. The molecule has 144 valence electrons. The highest BCUT2D eigenvalue weighted by atomic mass is 32.2. The molecule has 1 saturated heterocycles. The van der Waals surface area contributed by atoms with E-state index < -0.39 is 10.9 Å². The van der Waals surface area contributed by atoms with Crippen molar-refractivity contribution < 1.29 is 17.9 Å². The number of benzene rings is 2. The number of para-hydroxylation sites is 2. The third-order valence-electron chi connectivity index (χ3n) is 4.67. The zero-order valence-corrected chi connectivity index (χ0v) is 16.2. The highest BCUT2D eigenvalue weighted by Gasteiger charge is 2.29. The summed E-state index contributed by atoms with van der Waals surface area (Å²) >= 11 is 0. The van der Waals surface area contributed by atoms with Gasteiger partial charge in [-0.15, -0.1) is 0 Å². The summed E-state index contributed by atoms with van der Waals surface area (Å²) in [6.45, 7) is 4.05. The van der Waals surface area contributed by atoms with Gasteiger partial charge in [-0.3, -0.25) is 9.52 Å². The third kappa shape index (κ3) is 4.33. The van der Waals surface area contributed by atoms with Crippen molar-refractivity contribution in [2.75, 3.05) is 36.4 Å². The highest BCUT2D eigenvalue weighted by Crippen LogP contribution is 2.29. The zero-order chi connectivity index (χ0) is 19.4. The number of nitrogens with zero attached hydrogens (tertiary/aromatic N) is 2. The van der Waals surface area contributed by atoms with E-state index in [4.69, 9.17) is 4.74 Å². The molecule has 1 aliphatic heterocycles. The van der Waals surface area contributed by atoms with Gasteiger partial charge in [0, 0.05) is 36.9 Å². The van der Waals surface area contributed by atoms with Crippen LogP contribution in [0.4, 0.5) is 11.4 Å². The van der Waals surface area contributed by atoms with E-state index in [0.717, 1.165) is 11.4 Å². The summed E-state index contributed by atoms with van der Waals surface area (Å²) in [7, 11) is -1.06. The van der Waals surface area contributed by atoms with Crippen LogP contribution in [0.25, 0.3) is 0 Å². The fourth-order valence-corrected chi connectivity index (χ4v) is 3.69. The van der Waals surface area contributed by atoms with Gasteiger partial charge in [0.1, 0.15) is 5.75 Å². The van der Waals surface area contributed by atoms with Crippen molar-refractivity contribution in [1.82, 2.24) is 4.90 Å². The number of nitrogens with one attached hydrogen (secondary N) is 1. The van der Waals surface area contributed by atoms with Crippen LogP contribution in [-0.2, 0) is 10.9 Å². The van der Waals surface area contributed by atoms with Crippen LogP contribution < -0.4 is 14.4 Å². The second-order valence-corrected chi connectivity index (χ2v) is 7.15. The van der Waals surface area contributed by atoms with Crippen LogP contribution in [0.15, 0.2) is 48.5 Å². The summed E-state index contributed by atoms with van der Waals surface area (Å²) in [4.78, 5) is 16.9. The Morgan fingerprint density at radius 3 is 2.44 bits per heavy atom. The molecule has 1 unspecified atom stereocenters. The van der Waals surface area contributed by atoms with E-state index in [2.05, 4.69) is 9.62 Å². The normalized spacial score (nSPS) is 17.1. The Morgan fingerprint density at radius 1 is 1.11 bits per heavy atom. The van der Waals surface area contributed by atoms with Crippen LogP contribution in [0.1, 0.15) is 17.3 Å². The molecule has 8 heteroatoms. The number of ether oxygens (including phenoxy) is 1. The number of hydrogen-bond donors (Lipinski definition) is 2. The number of amides is 1. The molecule has 1 N–H and O–H groups in total. The maximum atomic E-state index is 12.9. The molecule has 1 fully saturated rings. The second-order valence-electron chi connectivity index (χ2n) is 6.41. The number of carbonyl (C=O) groups excluding carboxylic acids is 1. The largest absolute Gasteiger partial charge is 0.495 e. The first-order valence-corrected chi connectivity index (χ1v) is 9.87. The van der Waals surface area contributed by atoms with E-state index in [-0.39, 0.29) is 11.9 Å². The number of anilines is 2. The lowest BCUT2D eigenvalue weighted by Gasteiger charge is -2.41. The maximum Gasteiger partial charge on any atom is 0.254 e. The van der Waals surface area contributed by atoms with Gasteiger partial charge in [0.25, 0.3) is 5.91 Å². The minimum atomic E-state index is -2.71. The summed E-state index contributed by atoms with van der Waals surface area (Å²) < 4.78 is 29.2. The molecule has 0 spiro atoms. The minimum absolute atomic E-state index is 0.0325. The van der Waals surface area contributed by atoms with Crippen molar-refractivity contribution in [3.05, 3.63) is 54.1 Å². The van der Waals surface area contributed by atoms with E-state index in [1.165, 1.54) is 0 Å². The summed E-state index contributed by atoms with van der Waals surface area (Å²) in [6, 6.07) is 14.4. The van der Waals surface area contributed by atoms with Crippen molar-refractivity contribution in [1.29, 1.82) is 0 Å². The summed E-state index contributed by atoms with van der Waals surface area (Å²) in [5.41, 5.74) is 2.01. The molecule has 3 rings (SSSR count). The van der Waals surface area contributed by atoms with Crippen LogP contribution in [0.2, 0.25) is 0 Å². The zero-order valence-electron chi connectivity index (χ0n) is 15.3. The van der Waals surface area contributed by atoms with Gasteiger partial charge >= 0.3 is 0 Å². The molecule has 1 heterocycles. The first-order valence-electron chi connectivity index (χ1n) is 8.69. The lowest BCUT2D eigenvalue weighted by atomic mass is 10.1. The number of methoxy groups -OCH3 is 1. The quantitative estimate of drug-likeness (QED) is 0.765. The molecule has 7 nitrogen and oxygen atoms in total. The Labute approximate surface area is 160 Å². The molecule has 2 aromatic rings. The van der Waals surface area contributed by atoms with E-state index in [0.29, 0.717) is 30.9 Å². The minimum Gasteiger partial charge on any atom is -0.495 e. The Morgan fingerprint density at radius 2 is 1.81 bits per heavy atom. The molecular weight excluding hydrogens is 366 g/mol. The maximum absolute atomic E-state index is 12.9. The molecular formula is C19H23N3O4S. The fourth-order valence-electron chi connectivity index (χ4n) is 3.33. The number of hydrogen-bond acceptors (Lipinski definition) is 5. The SMILES string of the molecule is COc1ccccc1N1CCN(C(=O)c2ccc(N[SH](=O)=O)cc2)C(C)C1. The van der Waals surface area contributed by atoms with Crippen LogP contribution in [0.5, 0.6) is 5.75 Å². The van der Waals surface area contributed by atoms with Crippen molar-refractivity contribution in [3.8, 4) is 5.75 Å². The first-order chi connectivity index (χ1) is 13.0. The Bertz CT molecular complexity index is 875. The van der Waals surface area contributed by atoms with Gasteiger partial charge in [-0.1, -0.05) is 12.1 Å². The van der Waals surface area contributed by atoms with Gasteiger partial charge in [-0.05, 0) is 43.3 Å². The number of piperazine rings is 1. The summed E-state index contributed by atoms with van der Waals surface area (Å²) in [5, 5.41) is 0. The molecule has 0 bridgehead atoms. The predicted molar refractivity (Wildman–Crippen MR) is 106 cm³/mol. The average molecular weight is 389 g/mol. The van der Waals surface area contributed by atoms with E-state index in [1.807, 2.05) is 36.1 Å². The van der Waals surface area contributed by atoms with Crippen molar-refractivity contribution in [3.63, 3.8) is 0 Å². The number of thiol groups is 1. The Kier molecular flexibility index (Phi) is 5.85. The van der Waals surface area contributed by atoms with Crippen LogP contribution in [0, 0.1) is 0 Å². The van der Waals surface area contributed by atoms with Gasteiger partial charge in [-0.2, -0.15) is 0 Å². The van der Waals surface area contributed by atoms with Crippen LogP contribution in [0.3, 0.4) is 0 Å². The second kappa shape index (κ2) is 8.30. The molecule has 0 saturated carbocycles. The van der Waals surface area contributed by atoms with Gasteiger partial charge in [0.15, 0.2) is 0 Å². The van der Waals surface area contributed by atoms with Gasteiger partial charge < -0.3 is 14.5 Å². The summed E-state index contributed by atoms with van der Waals surface area (Å²) in [6.07, 6.45) is 0. The standard InChI is InChI=1S/C19H23N3O4S/c1-14-13-21(17-5-3-4-6-18(17)26-2)11-12-22(14)19(23)15-7-9-16(10-8-15)20-27(24)25/h3-10,14,27H,11-13H2,1-2H3,(H,20,24,25). The van der Waals surface area contributed by atoms with Crippen LogP contribution in [-0.4, -0.2) is 52.0 Å². The van der Waals surface area contributed by atoms with Crippen molar-refractivity contribution in [2.24, 2.45) is 0 Å². The fraction of sp³-hybridized carbons (Fsp3) is 0.316. The lowest BCUT2D eigenvalue weighted by Crippen LogP contribution is -2.54. The molecule has 1 amide bonds. The smallest absolute Gasteiger partial charge is 0.254 e. The Balaban J connectivity index is 1.69. The predicted octanol–water partition coefficient (Wildman–Crippen LogP) is 1.98. The van der Waals surface area contributed by atoms with E-state index in [9.17, 15) is 13.2 Å². The number of rotatable bonds is 5. The number of carbonyl (C=O) groups is 1. The first kappa shape index (κ1) is 19.0. The van der Waals surface area contributed by atoms with E-state index in [1.54, 1.807) is 31.4 Å². The van der Waals surface area contributed by atoms with E-state index >= 15 is 0 Å². The molecule has 0 aromatic heterocycles. The summed E-state index contributed by atoms with van der Waals surface area (Å²) in [5.74, 6) is 0.768. The molecule has 0 aliphatic carbocycles. The Hall–Kier alpha value is -2.74. The highest BCUT2D eigenvalue weighted by molar-refractivity contribution is 7.73. The lowest BCUT2D eigenvalue weighted by molar-refractivity contribution is 0.0674.